The quantitative estimate of drug-likeness (QED) is 0.480. The molecule has 0 unspecified atom stereocenters. The van der Waals surface area contributed by atoms with Gasteiger partial charge >= 0.3 is 17.3 Å². The SMILES string of the molecule is CCCCCC(=O)OCn1c(=O)c(F)cn(Cn2c(=O)[nH]cc(F)c2=O)c1=O. The Morgan fingerprint density at radius 2 is 1.75 bits per heavy atom. The number of carbonyl (C=O) groups excluding carboxylic acids is 1. The molecular weight excluding hydrogens is 382 g/mol. The van der Waals surface area contributed by atoms with Crippen LogP contribution in [-0.4, -0.2) is 24.7 Å². The number of aromatic amines is 1. The summed E-state index contributed by atoms with van der Waals surface area (Å²) in [5, 5.41) is 0. The first kappa shape index (κ1) is 21.0. The van der Waals surface area contributed by atoms with Crippen molar-refractivity contribution in [3.05, 3.63) is 65.7 Å². The average Bonchev–Trinajstić information content (AvgIpc) is 2.66. The molecule has 0 bridgehead atoms. The van der Waals surface area contributed by atoms with Crippen molar-refractivity contribution in [2.75, 3.05) is 0 Å². The molecule has 0 spiro atoms. The lowest BCUT2D eigenvalue weighted by Gasteiger charge is -2.12. The van der Waals surface area contributed by atoms with E-state index in [-0.39, 0.29) is 6.42 Å². The minimum absolute atomic E-state index is 0.0696. The molecule has 2 aromatic rings. The van der Waals surface area contributed by atoms with E-state index >= 15 is 0 Å². The molecule has 0 aliphatic rings. The van der Waals surface area contributed by atoms with Crippen LogP contribution < -0.4 is 22.5 Å². The van der Waals surface area contributed by atoms with Gasteiger partial charge in [-0.15, -0.1) is 0 Å². The van der Waals surface area contributed by atoms with Crippen molar-refractivity contribution < 1.29 is 18.3 Å². The Labute approximate surface area is 155 Å². The van der Waals surface area contributed by atoms with Gasteiger partial charge in [0.15, 0.2) is 6.73 Å². The van der Waals surface area contributed by atoms with Gasteiger partial charge in [0.05, 0.1) is 6.20 Å². The number of unbranched alkanes of at least 4 members (excludes halogenated alkanes) is 2. The normalized spacial score (nSPS) is 10.8. The highest BCUT2D eigenvalue weighted by Gasteiger charge is 2.15. The van der Waals surface area contributed by atoms with Gasteiger partial charge < -0.3 is 9.72 Å². The van der Waals surface area contributed by atoms with Crippen molar-refractivity contribution in [1.82, 2.24) is 18.7 Å². The molecule has 0 saturated heterocycles. The second-order valence-corrected chi connectivity index (χ2v) is 5.88. The summed E-state index contributed by atoms with van der Waals surface area (Å²) in [5.41, 5.74) is -4.87. The van der Waals surface area contributed by atoms with Crippen molar-refractivity contribution in [2.45, 2.75) is 46.0 Å². The molecule has 0 amide bonds. The molecule has 12 heteroatoms. The molecule has 0 aromatic carbocycles. The monoisotopic (exact) mass is 400 g/mol. The van der Waals surface area contributed by atoms with E-state index in [4.69, 9.17) is 4.74 Å². The summed E-state index contributed by atoms with van der Waals surface area (Å²) in [6, 6.07) is 0. The number of carbonyl (C=O) groups is 1. The van der Waals surface area contributed by atoms with Crippen molar-refractivity contribution in [2.24, 2.45) is 0 Å². The number of halogens is 2. The summed E-state index contributed by atoms with van der Waals surface area (Å²) in [4.78, 5) is 61.2. The predicted octanol–water partition coefficient (Wildman–Crippen LogP) is -0.275. The molecule has 0 aliphatic carbocycles. The Bertz CT molecular complexity index is 1100. The lowest BCUT2D eigenvalue weighted by atomic mass is 10.2. The maximum absolute atomic E-state index is 13.9. The van der Waals surface area contributed by atoms with E-state index in [1.165, 1.54) is 0 Å². The van der Waals surface area contributed by atoms with E-state index in [1.54, 1.807) is 0 Å². The minimum Gasteiger partial charge on any atom is -0.444 e. The first-order chi connectivity index (χ1) is 13.3. The van der Waals surface area contributed by atoms with Gasteiger partial charge in [0.1, 0.15) is 6.67 Å². The largest absolute Gasteiger partial charge is 0.444 e. The van der Waals surface area contributed by atoms with Crippen LogP contribution >= 0.6 is 0 Å². The average molecular weight is 400 g/mol. The first-order valence-corrected chi connectivity index (χ1v) is 8.39. The number of hydrogen-bond acceptors (Lipinski definition) is 6. The summed E-state index contributed by atoms with van der Waals surface area (Å²) < 4.78 is 33.2. The standard InChI is InChI=1S/C16H18F2N4O6/c1-2-3-4-5-12(23)28-9-22-14(25)11(18)7-20(16(22)27)8-21-13(24)10(17)6-19-15(21)26/h6-7H,2-5,8-9H2,1H3,(H,19,26). The van der Waals surface area contributed by atoms with Crippen molar-refractivity contribution >= 4 is 5.97 Å². The Hall–Kier alpha value is -3.31. The molecule has 0 saturated carbocycles. The molecule has 0 atom stereocenters. The zero-order valence-electron chi connectivity index (χ0n) is 14.9. The maximum atomic E-state index is 13.9. The third-order valence-electron chi connectivity index (χ3n) is 3.85. The predicted molar refractivity (Wildman–Crippen MR) is 91.8 cm³/mol. The zero-order chi connectivity index (χ0) is 20.8. The maximum Gasteiger partial charge on any atom is 0.335 e. The van der Waals surface area contributed by atoms with Crippen molar-refractivity contribution in [1.29, 1.82) is 0 Å². The van der Waals surface area contributed by atoms with Gasteiger partial charge in [0.25, 0.3) is 11.1 Å². The van der Waals surface area contributed by atoms with Crippen LogP contribution in [0.1, 0.15) is 32.6 Å². The summed E-state index contributed by atoms with van der Waals surface area (Å²) in [5.74, 6) is -3.35. The molecule has 0 aliphatic heterocycles. The third kappa shape index (κ3) is 4.69. The molecular formula is C16H18F2N4O6. The second kappa shape index (κ2) is 9.06. The number of rotatable bonds is 8. The number of H-pyrrole nitrogens is 1. The molecule has 2 aromatic heterocycles. The molecule has 0 radical (unpaired) electrons. The van der Waals surface area contributed by atoms with E-state index in [1.807, 2.05) is 11.9 Å². The Morgan fingerprint density at radius 3 is 2.43 bits per heavy atom. The molecule has 2 heterocycles. The van der Waals surface area contributed by atoms with E-state index in [0.29, 0.717) is 32.5 Å². The van der Waals surface area contributed by atoms with E-state index in [0.717, 1.165) is 12.8 Å². The van der Waals surface area contributed by atoms with E-state index < -0.39 is 53.5 Å². The fourth-order valence-electron chi connectivity index (χ4n) is 2.33. The highest BCUT2D eigenvalue weighted by Crippen LogP contribution is 2.00. The topological polar surface area (TPSA) is 125 Å². The molecule has 28 heavy (non-hydrogen) atoms. The van der Waals surface area contributed by atoms with Crippen LogP contribution in [0.5, 0.6) is 0 Å². The van der Waals surface area contributed by atoms with Crippen molar-refractivity contribution in [3.8, 4) is 0 Å². The number of hydrogen-bond donors (Lipinski definition) is 1. The van der Waals surface area contributed by atoms with Crippen molar-refractivity contribution in [3.63, 3.8) is 0 Å². The fourth-order valence-corrected chi connectivity index (χ4v) is 2.33. The van der Waals surface area contributed by atoms with E-state index in [2.05, 4.69) is 0 Å². The van der Waals surface area contributed by atoms with Crippen LogP contribution in [0.15, 0.2) is 31.6 Å². The smallest absolute Gasteiger partial charge is 0.335 e. The highest BCUT2D eigenvalue weighted by molar-refractivity contribution is 5.69. The summed E-state index contributed by atoms with van der Waals surface area (Å²) in [7, 11) is 0. The molecule has 0 fully saturated rings. The van der Waals surface area contributed by atoms with E-state index in [9.17, 15) is 32.8 Å². The Kier molecular flexibility index (Phi) is 6.79. The number of aromatic nitrogens is 4. The summed E-state index contributed by atoms with van der Waals surface area (Å²) in [6.45, 7) is 0.246. The third-order valence-corrected chi connectivity index (χ3v) is 3.85. The molecule has 1 N–H and O–H groups in total. The Morgan fingerprint density at radius 1 is 1.07 bits per heavy atom. The van der Waals surface area contributed by atoms with Gasteiger partial charge in [-0.25, -0.2) is 18.7 Å². The van der Waals surface area contributed by atoms with Crippen LogP contribution in [-0.2, 0) is 22.9 Å². The molecule has 2 rings (SSSR count). The molecule has 10 nitrogen and oxygen atoms in total. The highest BCUT2D eigenvalue weighted by atomic mass is 19.1. The van der Waals surface area contributed by atoms with Gasteiger partial charge in [-0.3, -0.25) is 19.0 Å². The Balaban J connectivity index is 2.32. The van der Waals surface area contributed by atoms with Crippen LogP contribution in [0.4, 0.5) is 8.78 Å². The van der Waals surface area contributed by atoms with Gasteiger partial charge in [-0.2, -0.15) is 8.78 Å². The number of nitrogens with one attached hydrogen (secondary N) is 1. The van der Waals surface area contributed by atoms with Crippen LogP contribution in [0.2, 0.25) is 0 Å². The molecule has 152 valence electrons. The van der Waals surface area contributed by atoms with Gasteiger partial charge in [0, 0.05) is 12.6 Å². The van der Waals surface area contributed by atoms with Gasteiger partial charge in [-0.1, -0.05) is 19.8 Å². The van der Waals surface area contributed by atoms with Gasteiger partial charge in [-0.05, 0) is 6.42 Å². The summed E-state index contributed by atoms with van der Waals surface area (Å²) >= 11 is 0. The first-order valence-electron chi connectivity index (χ1n) is 8.39. The lowest BCUT2D eigenvalue weighted by Crippen LogP contribution is -2.46. The second-order valence-electron chi connectivity index (χ2n) is 5.88. The zero-order valence-corrected chi connectivity index (χ0v) is 14.9. The van der Waals surface area contributed by atoms with Gasteiger partial charge in [0.2, 0.25) is 11.6 Å². The lowest BCUT2D eigenvalue weighted by molar-refractivity contribution is -0.147. The number of nitrogens with zero attached hydrogens (tertiary/aromatic N) is 3. The van der Waals surface area contributed by atoms with Crippen LogP contribution in [0.3, 0.4) is 0 Å². The minimum atomic E-state index is -1.39. The number of esters is 1. The summed E-state index contributed by atoms with van der Waals surface area (Å²) in [6.07, 6.45) is 3.31. The number of ether oxygens (including phenoxy) is 1. The fraction of sp³-hybridized carbons (Fsp3) is 0.438. The van der Waals surface area contributed by atoms with Crippen LogP contribution in [0, 0.1) is 11.6 Å². The van der Waals surface area contributed by atoms with Crippen LogP contribution in [0.25, 0.3) is 0 Å².